The standard InChI is InChI=1S/C16H21N3O/c1-13-5-4-6-14(9-13)7-8-16(20)18(2)11-15-10-17-19(3)12-15/h4-6,9-10,12H,7-8,11H2,1-3H3. The molecule has 0 saturated carbocycles. The van der Waals surface area contributed by atoms with Gasteiger partial charge in [0, 0.05) is 38.8 Å². The molecule has 1 aromatic heterocycles. The van der Waals surface area contributed by atoms with E-state index in [9.17, 15) is 4.79 Å². The molecule has 0 bridgehead atoms. The van der Waals surface area contributed by atoms with Gasteiger partial charge in [0.1, 0.15) is 0 Å². The average Bonchev–Trinajstić information content (AvgIpc) is 2.81. The Morgan fingerprint density at radius 2 is 2.15 bits per heavy atom. The summed E-state index contributed by atoms with van der Waals surface area (Å²) in [6, 6.07) is 8.31. The van der Waals surface area contributed by atoms with Gasteiger partial charge in [-0.25, -0.2) is 0 Å². The summed E-state index contributed by atoms with van der Waals surface area (Å²) in [7, 11) is 3.72. The van der Waals surface area contributed by atoms with Gasteiger partial charge < -0.3 is 4.90 Å². The van der Waals surface area contributed by atoms with Crippen LogP contribution >= 0.6 is 0 Å². The molecular formula is C16H21N3O. The molecule has 0 aliphatic carbocycles. The number of carbonyl (C=O) groups excluding carboxylic acids is 1. The lowest BCUT2D eigenvalue weighted by atomic mass is 10.1. The quantitative estimate of drug-likeness (QED) is 0.837. The number of rotatable bonds is 5. The van der Waals surface area contributed by atoms with Crippen LogP contribution in [0.3, 0.4) is 0 Å². The maximum atomic E-state index is 12.1. The van der Waals surface area contributed by atoms with Crippen LogP contribution in [0.1, 0.15) is 23.1 Å². The fraction of sp³-hybridized carbons (Fsp3) is 0.375. The van der Waals surface area contributed by atoms with Crippen LogP contribution in [0, 0.1) is 6.92 Å². The number of benzene rings is 1. The summed E-state index contributed by atoms with van der Waals surface area (Å²) in [5.41, 5.74) is 3.51. The molecule has 0 unspecified atom stereocenters. The van der Waals surface area contributed by atoms with Gasteiger partial charge in [-0.2, -0.15) is 5.10 Å². The van der Waals surface area contributed by atoms with Gasteiger partial charge in [0.15, 0.2) is 0 Å². The highest BCUT2D eigenvalue weighted by Crippen LogP contribution is 2.09. The van der Waals surface area contributed by atoms with E-state index in [1.807, 2.05) is 26.4 Å². The fourth-order valence-corrected chi connectivity index (χ4v) is 2.23. The normalized spacial score (nSPS) is 10.6. The zero-order chi connectivity index (χ0) is 14.5. The summed E-state index contributed by atoms with van der Waals surface area (Å²) >= 11 is 0. The zero-order valence-corrected chi connectivity index (χ0v) is 12.3. The van der Waals surface area contributed by atoms with Gasteiger partial charge >= 0.3 is 0 Å². The predicted molar refractivity (Wildman–Crippen MR) is 79.2 cm³/mol. The molecule has 1 aromatic carbocycles. The van der Waals surface area contributed by atoms with Crippen molar-refractivity contribution in [3.8, 4) is 0 Å². The highest BCUT2D eigenvalue weighted by molar-refractivity contribution is 5.76. The molecule has 0 spiro atoms. The molecule has 0 aliphatic heterocycles. The minimum Gasteiger partial charge on any atom is -0.341 e. The molecule has 0 aliphatic rings. The molecular weight excluding hydrogens is 250 g/mol. The molecule has 20 heavy (non-hydrogen) atoms. The van der Waals surface area contributed by atoms with Crippen molar-refractivity contribution in [2.75, 3.05) is 7.05 Å². The topological polar surface area (TPSA) is 38.1 Å². The van der Waals surface area contributed by atoms with Gasteiger partial charge in [-0.15, -0.1) is 0 Å². The summed E-state index contributed by atoms with van der Waals surface area (Å²) in [4.78, 5) is 13.9. The second kappa shape index (κ2) is 6.37. The first kappa shape index (κ1) is 14.3. The van der Waals surface area contributed by atoms with E-state index in [1.54, 1.807) is 15.8 Å². The Morgan fingerprint density at radius 3 is 2.80 bits per heavy atom. The largest absolute Gasteiger partial charge is 0.341 e. The van der Waals surface area contributed by atoms with E-state index in [0.29, 0.717) is 13.0 Å². The van der Waals surface area contributed by atoms with Gasteiger partial charge in [0.05, 0.1) is 6.20 Å². The monoisotopic (exact) mass is 271 g/mol. The molecule has 2 aromatic rings. The number of carbonyl (C=O) groups is 1. The molecule has 0 atom stereocenters. The van der Waals surface area contributed by atoms with E-state index in [1.165, 1.54) is 11.1 Å². The molecule has 4 nitrogen and oxygen atoms in total. The van der Waals surface area contributed by atoms with Crippen LogP contribution in [0.2, 0.25) is 0 Å². The Morgan fingerprint density at radius 1 is 1.35 bits per heavy atom. The number of amides is 1. The number of hydrogen-bond donors (Lipinski definition) is 0. The second-order valence-electron chi connectivity index (χ2n) is 5.26. The summed E-state index contributed by atoms with van der Waals surface area (Å²) in [5, 5.41) is 4.11. The van der Waals surface area contributed by atoms with Crippen LogP contribution in [-0.4, -0.2) is 27.6 Å². The van der Waals surface area contributed by atoms with Crippen molar-refractivity contribution in [3.63, 3.8) is 0 Å². The Labute approximate surface area is 120 Å². The maximum Gasteiger partial charge on any atom is 0.222 e. The van der Waals surface area contributed by atoms with Crippen molar-refractivity contribution < 1.29 is 4.79 Å². The van der Waals surface area contributed by atoms with Gasteiger partial charge in [-0.3, -0.25) is 9.48 Å². The van der Waals surface area contributed by atoms with Crippen LogP contribution in [-0.2, 0) is 24.8 Å². The van der Waals surface area contributed by atoms with E-state index in [0.717, 1.165) is 12.0 Å². The van der Waals surface area contributed by atoms with Crippen molar-refractivity contribution in [2.24, 2.45) is 7.05 Å². The van der Waals surface area contributed by atoms with E-state index < -0.39 is 0 Å². The van der Waals surface area contributed by atoms with E-state index in [2.05, 4.69) is 30.2 Å². The summed E-state index contributed by atoms with van der Waals surface area (Å²) in [5.74, 6) is 0.162. The third-order valence-electron chi connectivity index (χ3n) is 3.31. The first-order valence-electron chi connectivity index (χ1n) is 6.81. The Bertz CT molecular complexity index is 589. The number of hydrogen-bond acceptors (Lipinski definition) is 2. The van der Waals surface area contributed by atoms with Crippen molar-refractivity contribution in [1.82, 2.24) is 14.7 Å². The lowest BCUT2D eigenvalue weighted by molar-refractivity contribution is -0.130. The summed E-state index contributed by atoms with van der Waals surface area (Å²) in [6.07, 6.45) is 5.06. The lowest BCUT2D eigenvalue weighted by Crippen LogP contribution is -2.26. The molecule has 4 heteroatoms. The Kier molecular flexibility index (Phi) is 4.56. The van der Waals surface area contributed by atoms with E-state index in [4.69, 9.17) is 0 Å². The SMILES string of the molecule is Cc1cccc(CCC(=O)N(C)Cc2cnn(C)c2)c1. The molecule has 0 radical (unpaired) electrons. The van der Waals surface area contributed by atoms with E-state index >= 15 is 0 Å². The van der Waals surface area contributed by atoms with Gasteiger partial charge in [0.2, 0.25) is 5.91 Å². The summed E-state index contributed by atoms with van der Waals surface area (Å²) in [6.45, 7) is 2.68. The summed E-state index contributed by atoms with van der Waals surface area (Å²) < 4.78 is 1.75. The molecule has 1 amide bonds. The molecule has 2 rings (SSSR count). The molecule has 106 valence electrons. The Hall–Kier alpha value is -2.10. The fourth-order valence-electron chi connectivity index (χ4n) is 2.23. The average molecular weight is 271 g/mol. The minimum absolute atomic E-state index is 0.162. The molecule has 0 saturated heterocycles. The first-order valence-corrected chi connectivity index (χ1v) is 6.81. The highest BCUT2D eigenvalue weighted by atomic mass is 16.2. The van der Waals surface area contributed by atoms with Gasteiger partial charge in [-0.05, 0) is 18.9 Å². The van der Waals surface area contributed by atoms with Crippen molar-refractivity contribution in [3.05, 3.63) is 53.3 Å². The van der Waals surface area contributed by atoms with Crippen molar-refractivity contribution >= 4 is 5.91 Å². The third-order valence-corrected chi connectivity index (χ3v) is 3.31. The van der Waals surface area contributed by atoms with E-state index in [-0.39, 0.29) is 5.91 Å². The Balaban J connectivity index is 1.85. The zero-order valence-electron chi connectivity index (χ0n) is 12.3. The van der Waals surface area contributed by atoms with Crippen LogP contribution in [0.4, 0.5) is 0 Å². The smallest absolute Gasteiger partial charge is 0.222 e. The van der Waals surface area contributed by atoms with Crippen LogP contribution in [0.5, 0.6) is 0 Å². The number of aryl methyl sites for hydroxylation is 3. The first-order chi connectivity index (χ1) is 9.54. The lowest BCUT2D eigenvalue weighted by Gasteiger charge is -2.16. The van der Waals surface area contributed by atoms with Crippen LogP contribution < -0.4 is 0 Å². The minimum atomic E-state index is 0.162. The highest BCUT2D eigenvalue weighted by Gasteiger charge is 2.10. The van der Waals surface area contributed by atoms with Crippen molar-refractivity contribution in [2.45, 2.75) is 26.3 Å². The third kappa shape index (κ3) is 3.95. The van der Waals surface area contributed by atoms with Crippen LogP contribution in [0.15, 0.2) is 36.7 Å². The molecule has 1 heterocycles. The molecule has 0 N–H and O–H groups in total. The van der Waals surface area contributed by atoms with Crippen LogP contribution in [0.25, 0.3) is 0 Å². The van der Waals surface area contributed by atoms with Gasteiger partial charge in [-0.1, -0.05) is 29.8 Å². The number of aromatic nitrogens is 2. The van der Waals surface area contributed by atoms with Crippen molar-refractivity contribution in [1.29, 1.82) is 0 Å². The molecule has 0 fully saturated rings. The van der Waals surface area contributed by atoms with Gasteiger partial charge in [0.25, 0.3) is 0 Å². The second-order valence-corrected chi connectivity index (χ2v) is 5.26. The maximum absolute atomic E-state index is 12.1. The predicted octanol–water partition coefficient (Wildman–Crippen LogP) is 2.32. The number of nitrogens with zero attached hydrogens (tertiary/aromatic N) is 3.